The van der Waals surface area contributed by atoms with Crippen LogP contribution in [0.25, 0.3) is 0 Å². The molecule has 9 nitrogen and oxygen atoms in total. The van der Waals surface area contributed by atoms with Crippen LogP contribution in [0.5, 0.6) is 0 Å². The second-order valence-electron chi connectivity index (χ2n) is 10.2. The molecule has 2 aromatic rings. The first kappa shape index (κ1) is 33.2. The summed E-state index contributed by atoms with van der Waals surface area (Å²) < 4.78 is 34.0. The lowest BCUT2D eigenvalue weighted by molar-refractivity contribution is -0.128. The van der Waals surface area contributed by atoms with Gasteiger partial charge in [-0.2, -0.15) is 0 Å². The highest BCUT2D eigenvalue weighted by Gasteiger charge is 2.49. The van der Waals surface area contributed by atoms with Crippen molar-refractivity contribution in [3.63, 3.8) is 0 Å². The van der Waals surface area contributed by atoms with Gasteiger partial charge >= 0.3 is 0 Å². The molecule has 1 aliphatic heterocycles. The van der Waals surface area contributed by atoms with Crippen LogP contribution >= 0.6 is 39.7 Å². The maximum absolute atomic E-state index is 13.7. The number of thiocarbonyl (C=S) groups is 1. The molecule has 226 valence electrons. The van der Waals surface area contributed by atoms with Gasteiger partial charge in [-0.1, -0.05) is 54.4 Å². The first-order valence-corrected chi connectivity index (χ1v) is 14.3. The highest BCUT2D eigenvalue weighted by molar-refractivity contribution is 9.10. The molecular formula is C28H32BrClF2N6O3S. The van der Waals surface area contributed by atoms with E-state index in [0.29, 0.717) is 17.1 Å². The second-order valence-corrected chi connectivity index (χ2v) is 12.0. The van der Waals surface area contributed by atoms with Crippen molar-refractivity contribution in [1.82, 2.24) is 16.0 Å². The lowest BCUT2D eigenvalue weighted by Gasteiger charge is -2.47. The number of alkyl halides is 2. The lowest BCUT2D eigenvalue weighted by atomic mass is 9.95. The Labute approximate surface area is 262 Å². The number of nitrogens with zero attached hydrogens (tertiary/aromatic N) is 1. The van der Waals surface area contributed by atoms with Crippen molar-refractivity contribution < 1.29 is 23.1 Å². The van der Waals surface area contributed by atoms with Crippen LogP contribution in [0.3, 0.4) is 0 Å². The van der Waals surface area contributed by atoms with Crippen molar-refractivity contribution in [2.45, 2.75) is 39.6 Å². The standard InChI is InChI=1S/C28H32BrClF2N6O3S/c1-27(2,3)25(40)35-14-16-5-11-20(30)21(13-16)38(26(33)42)28(41-15-22(31)32)19(10-12-23(34-4)37-28)24(39)36-18-8-6-17(29)7-9-18/h5-13,22,34,37H,14-15H2,1-4H3,(H2,33,42)(H,35,40)(H,36,39). The van der Waals surface area contributed by atoms with Gasteiger partial charge < -0.3 is 31.7 Å². The molecule has 0 fully saturated rings. The summed E-state index contributed by atoms with van der Waals surface area (Å²) >= 11 is 15.4. The van der Waals surface area contributed by atoms with E-state index in [4.69, 9.17) is 34.3 Å². The second kappa shape index (κ2) is 13.8. The van der Waals surface area contributed by atoms with Gasteiger partial charge in [0.2, 0.25) is 5.91 Å². The first-order valence-electron chi connectivity index (χ1n) is 12.7. The lowest BCUT2D eigenvalue weighted by Crippen LogP contribution is -2.68. The third kappa shape index (κ3) is 7.97. The number of nitrogens with two attached hydrogens (primary N) is 1. The number of ether oxygens (including phenoxy) is 1. The van der Waals surface area contributed by atoms with Gasteiger partial charge in [-0.05, 0) is 66.3 Å². The van der Waals surface area contributed by atoms with Gasteiger partial charge in [0, 0.05) is 29.2 Å². The third-order valence-electron chi connectivity index (χ3n) is 6.04. The summed E-state index contributed by atoms with van der Waals surface area (Å²) in [6.07, 6.45) is 0.0402. The molecule has 42 heavy (non-hydrogen) atoms. The Morgan fingerprint density at radius 1 is 1.19 bits per heavy atom. The van der Waals surface area contributed by atoms with Crippen LogP contribution < -0.4 is 31.9 Å². The fourth-order valence-electron chi connectivity index (χ4n) is 3.95. The molecule has 1 aliphatic rings. The Balaban J connectivity index is 2.15. The monoisotopic (exact) mass is 684 g/mol. The van der Waals surface area contributed by atoms with Gasteiger partial charge in [0.05, 0.1) is 16.3 Å². The average Bonchev–Trinajstić information content (AvgIpc) is 2.92. The highest BCUT2D eigenvalue weighted by Crippen LogP contribution is 2.38. The zero-order valence-electron chi connectivity index (χ0n) is 23.4. The van der Waals surface area contributed by atoms with E-state index in [1.54, 1.807) is 70.3 Å². The summed E-state index contributed by atoms with van der Waals surface area (Å²) in [6, 6.07) is 11.6. The number of nitrogens with one attached hydrogen (secondary N) is 4. The topological polar surface area (TPSA) is 121 Å². The Bertz CT molecular complexity index is 1400. The Morgan fingerprint density at radius 3 is 2.43 bits per heavy atom. The summed E-state index contributed by atoms with van der Waals surface area (Å²) in [7, 11) is 1.59. The molecule has 1 unspecified atom stereocenters. The van der Waals surface area contributed by atoms with Crippen molar-refractivity contribution in [2.24, 2.45) is 11.1 Å². The van der Waals surface area contributed by atoms with Crippen molar-refractivity contribution in [1.29, 1.82) is 0 Å². The number of carbonyl (C=O) groups is 2. The average molecular weight is 686 g/mol. The zero-order chi connectivity index (χ0) is 31.2. The van der Waals surface area contributed by atoms with Crippen LogP contribution in [-0.4, -0.2) is 42.9 Å². The number of halogens is 4. The van der Waals surface area contributed by atoms with Crippen LogP contribution in [0, 0.1) is 5.41 Å². The van der Waals surface area contributed by atoms with Gasteiger partial charge in [0.15, 0.2) is 5.11 Å². The van der Waals surface area contributed by atoms with Gasteiger partial charge in [-0.25, -0.2) is 8.78 Å². The first-order chi connectivity index (χ1) is 19.7. The predicted molar refractivity (Wildman–Crippen MR) is 168 cm³/mol. The smallest absolute Gasteiger partial charge is 0.261 e. The fraction of sp³-hybridized carbons (Fsp3) is 0.321. The predicted octanol–water partition coefficient (Wildman–Crippen LogP) is 4.98. The number of benzene rings is 2. The number of carbonyl (C=O) groups excluding carboxylic acids is 2. The molecule has 0 saturated heterocycles. The van der Waals surface area contributed by atoms with Gasteiger partial charge in [-0.15, -0.1) is 0 Å². The number of allylic oxidation sites excluding steroid dienone is 2. The van der Waals surface area contributed by atoms with E-state index in [1.165, 1.54) is 17.1 Å². The molecule has 0 bridgehead atoms. The Morgan fingerprint density at radius 2 is 1.86 bits per heavy atom. The Hall–Kier alpha value is -3.26. The molecule has 0 spiro atoms. The Kier molecular flexibility index (Phi) is 10.9. The van der Waals surface area contributed by atoms with E-state index >= 15 is 0 Å². The fourth-order valence-corrected chi connectivity index (χ4v) is 4.64. The van der Waals surface area contributed by atoms with Crippen molar-refractivity contribution in [3.8, 4) is 0 Å². The van der Waals surface area contributed by atoms with E-state index < -0.39 is 30.2 Å². The molecule has 14 heteroatoms. The van der Waals surface area contributed by atoms with Gasteiger partial charge in [0.25, 0.3) is 18.2 Å². The van der Waals surface area contributed by atoms with Crippen molar-refractivity contribution in [2.75, 3.05) is 23.9 Å². The molecule has 1 heterocycles. The maximum Gasteiger partial charge on any atom is 0.261 e. The van der Waals surface area contributed by atoms with Gasteiger partial charge in [0.1, 0.15) is 12.4 Å². The number of rotatable bonds is 10. The molecule has 3 rings (SSSR count). The third-order valence-corrected chi connectivity index (χ3v) is 7.07. The minimum absolute atomic E-state index is 0.123. The number of amides is 2. The van der Waals surface area contributed by atoms with Crippen LogP contribution in [0.2, 0.25) is 5.02 Å². The summed E-state index contributed by atoms with van der Waals surface area (Å²) in [5, 5.41) is 11.3. The van der Waals surface area contributed by atoms with Crippen LogP contribution in [0.4, 0.5) is 20.2 Å². The minimum atomic E-state index is -2.91. The van der Waals surface area contributed by atoms with E-state index in [1.807, 2.05) is 0 Å². The van der Waals surface area contributed by atoms with Crippen molar-refractivity contribution in [3.05, 3.63) is 81.1 Å². The molecule has 1 atom stereocenters. The SMILES string of the molecule is CNC1=CC=C(C(=O)Nc2ccc(Br)cc2)C(OCC(F)F)(N(C(N)=S)c2cc(CNC(=O)C(C)(C)C)ccc2Cl)N1. The number of hydrogen-bond acceptors (Lipinski definition) is 6. The van der Waals surface area contributed by atoms with E-state index in [9.17, 15) is 18.4 Å². The van der Waals surface area contributed by atoms with Crippen LogP contribution in [-0.2, 0) is 20.9 Å². The van der Waals surface area contributed by atoms with E-state index in [-0.39, 0.29) is 33.8 Å². The molecule has 0 aliphatic carbocycles. The largest absolute Gasteiger partial charge is 0.376 e. The number of anilines is 2. The molecule has 2 aromatic carbocycles. The van der Waals surface area contributed by atoms with E-state index in [0.717, 1.165) is 4.47 Å². The molecule has 0 aromatic heterocycles. The number of dihydropyridines is 1. The molecular weight excluding hydrogens is 654 g/mol. The summed E-state index contributed by atoms with van der Waals surface area (Å²) in [5.41, 5.74) is 6.64. The summed E-state index contributed by atoms with van der Waals surface area (Å²) in [6.45, 7) is 4.37. The quantitative estimate of drug-likeness (QED) is 0.176. The minimum Gasteiger partial charge on any atom is -0.376 e. The van der Waals surface area contributed by atoms with Crippen LogP contribution in [0.15, 0.2) is 70.5 Å². The summed E-state index contributed by atoms with van der Waals surface area (Å²) in [5.74, 6) is -2.73. The summed E-state index contributed by atoms with van der Waals surface area (Å²) in [4.78, 5) is 27.4. The van der Waals surface area contributed by atoms with Crippen molar-refractivity contribution >= 4 is 68.1 Å². The zero-order valence-corrected chi connectivity index (χ0v) is 26.5. The highest BCUT2D eigenvalue weighted by atomic mass is 79.9. The maximum atomic E-state index is 13.7. The molecule has 6 N–H and O–H groups in total. The van der Waals surface area contributed by atoms with E-state index in [2.05, 4.69) is 37.2 Å². The molecule has 2 amide bonds. The normalized spacial score (nSPS) is 16.6. The molecule has 0 saturated carbocycles. The number of hydrogen-bond donors (Lipinski definition) is 5. The van der Waals surface area contributed by atoms with Crippen LogP contribution in [0.1, 0.15) is 26.3 Å². The van der Waals surface area contributed by atoms with Gasteiger partial charge in [-0.3, -0.25) is 14.5 Å². The molecule has 0 radical (unpaired) electrons.